The second kappa shape index (κ2) is 12.1. The van der Waals surface area contributed by atoms with Crippen LogP contribution < -0.4 is 0 Å². The minimum atomic E-state index is -1.03. The Morgan fingerprint density at radius 1 is 0.288 bits per heavy atom. The first kappa shape index (κ1) is 34.0. The molecule has 0 radical (unpaired) electrons. The molecule has 10 aromatic carbocycles. The first-order valence-electron chi connectivity index (χ1n) is 18.7. The molecule has 1 heterocycles. The Kier molecular flexibility index (Phi) is 6.97. The number of aromatic hydroxyl groups is 8. The molecule has 0 unspecified atom stereocenters. The fourth-order valence-electron chi connectivity index (χ4n) is 9.10. The highest BCUT2D eigenvalue weighted by atomic mass is 16.4. The summed E-state index contributed by atoms with van der Waals surface area (Å²) < 4.78 is 6.28. The molecule has 284 valence electrons. The predicted octanol–water partition coefficient (Wildman–Crippen LogP) is 12.0. The zero-order valence-corrected chi connectivity index (χ0v) is 30.7. The Hall–Kier alpha value is -8.30. The number of benzene rings is 10. The van der Waals surface area contributed by atoms with Gasteiger partial charge in [-0.25, -0.2) is 0 Å². The molecule has 0 aliphatic carbocycles. The molecular weight excluding hydrogens is 745 g/mol. The van der Waals surface area contributed by atoms with E-state index in [1.165, 1.54) is 0 Å². The number of phenolic OH excluding ortho intramolecular Hbond substituents is 8. The summed E-state index contributed by atoms with van der Waals surface area (Å²) in [7, 11) is 0. The lowest BCUT2D eigenvalue weighted by Crippen LogP contribution is -1.96. The van der Waals surface area contributed by atoms with Gasteiger partial charge in [0, 0.05) is 43.4 Å². The summed E-state index contributed by atoms with van der Waals surface area (Å²) in [5.41, 5.74) is 3.87. The van der Waals surface area contributed by atoms with Crippen molar-refractivity contribution >= 4 is 75.8 Å². The Balaban J connectivity index is 1.29. The van der Waals surface area contributed by atoms with Crippen molar-refractivity contribution in [1.82, 2.24) is 0 Å². The molecule has 0 saturated heterocycles. The van der Waals surface area contributed by atoms with E-state index in [-0.39, 0.29) is 32.7 Å². The van der Waals surface area contributed by atoms with Crippen LogP contribution in [0.25, 0.3) is 109 Å². The zero-order valence-electron chi connectivity index (χ0n) is 30.7. The summed E-state index contributed by atoms with van der Waals surface area (Å²) in [5.74, 6) is -7.44. The fraction of sp³-hybridized carbons (Fsp3) is 0. The third kappa shape index (κ3) is 4.55. The van der Waals surface area contributed by atoms with Gasteiger partial charge in [0.2, 0.25) is 23.0 Å². The van der Waals surface area contributed by atoms with Crippen molar-refractivity contribution in [2.45, 2.75) is 0 Å². The van der Waals surface area contributed by atoms with Crippen molar-refractivity contribution in [3.8, 4) is 79.4 Å². The molecule has 0 aliphatic rings. The lowest BCUT2D eigenvalue weighted by Gasteiger charge is -2.23. The number of fused-ring (bicyclic) bond motifs is 9. The van der Waals surface area contributed by atoms with Crippen molar-refractivity contribution in [2.75, 3.05) is 0 Å². The molecular formula is C50H30O9. The summed E-state index contributed by atoms with van der Waals surface area (Å²) in [5, 5.41) is 97.8. The summed E-state index contributed by atoms with van der Waals surface area (Å²) in [6, 6.07) is 41.7. The second-order valence-corrected chi connectivity index (χ2v) is 14.7. The van der Waals surface area contributed by atoms with Gasteiger partial charge in [-0.05, 0) is 72.8 Å². The lowest BCUT2D eigenvalue weighted by atomic mass is 9.81. The first-order valence-corrected chi connectivity index (χ1v) is 18.7. The maximum absolute atomic E-state index is 11.9. The van der Waals surface area contributed by atoms with Crippen LogP contribution in [0.1, 0.15) is 0 Å². The van der Waals surface area contributed by atoms with E-state index in [0.717, 1.165) is 54.6 Å². The maximum Gasteiger partial charge on any atom is 0.204 e. The van der Waals surface area contributed by atoms with Crippen molar-refractivity contribution < 1.29 is 45.3 Å². The van der Waals surface area contributed by atoms with Crippen LogP contribution in [0.3, 0.4) is 0 Å². The van der Waals surface area contributed by atoms with E-state index in [1.54, 1.807) is 36.4 Å². The van der Waals surface area contributed by atoms with Crippen LogP contribution in [0.5, 0.6) is 46.0 Å². The molecule has 0 atom stereocenters. The average Bonchev–Trinajstić information content (AvgIpc) is 3.66. The van der Waals surface area contributed by atoms with Crippen molar-refractivity contribution in [2.24, 2.45) is 0 Å². The van der Waals surface area contributed by atoms with Gasteiger partial charge >= 0.3 is 0 Å². The normalized spacial score (nSPS) is 11.9. The monoisotopic (exact) mass is 774 g/mol. The quantitative estimate of drug-likeness (QED) is 0.0493. The molecule has 0 spiro atoms. The number of furan rings is 1. The molecule has 0 aliphatic heterocycles. The minimum Gasteiger partial charge on any atom is -0.504 e. The molecule has 11 aromatic rings. The number of rotatable bonds is 3. The van der Waals surface area contributed by atoms with Gasteiger partial charge in [0.1, 0.15) is 11.2 Å². The molecule has 0 bridgehead atoms. The molecule has 8 N–H and O–H groups in total. The fourth-order valence-corrected chi connectivity index (χ4v) is 9.10. The predicted molar refractivity (Wildman–Crippen MR) is 231 cm³/mol. The van der Waals surface area contributed by atoms with Crippen molar-refractivity contribution in [3.63, 3.8) is 0 Å². The van der Waals surface area contributed by atoms with Gasteiger partial charge in [-0.15, -0.1) is 0 Å². The zero-order chi connectivity index (χ0) is 40.4. The highest BCUT2D eigenvalue weighted by molar-refractivity contribution is 6.32. The molecule has 0 amide bonds. The van der Waals surface area contributed by atoms with Gasteiger partial charge < -0.3 is 45.3 Å². The van der Waals surface area contributed by atoms with Gasteiger partial charge in [0.15, 0.2) is 23.0 Å². The first-order chi connectivity index (χ1) is 28.6. The highest BCUT2D eigenvalue weighted by Gasteiger charge is 2.33. The molecule has 11 rings (SSSR count). The third-order valence-corrected chi connectivity index (χ3v) is 11.7. The van der Waals surface area contributed by atoms with Crippen LogP contribution in [-0.2, 0) is 0 Å². The van der Waals surface area contributed by atoms with Crippen LogP contribution >= 0.6 is 0 Å². The standard InChI is InChI=1S/C50H30O9/c51-43-39-37(31-16-5-10-23-8-1-3-11-26(23)31)40-42(46(54)50(58)48(56)44(40)52)38(41(39)45(53)49(57)47(43)55)32-17-7-14-29-27(13-6-15-30(29)32)25-19-20-34-33(22-25)36-28-12-4-2-9-24(28)18-21-35(36)59-34/h1-22,51-58H. The Bertz CT molecular complexity index is 3570. The van der Waals surface area contributed by atoms with Crippen LogP contribution in [0.15, 0.2) is 138 Å². The largest absolute Gasteiger partial charge is 0.504 e. The highest BCUT2D eigenvalue weighted by Crippen LogP contribution is 2.62. The SMILES string of the molecule is Oc1c(O)c(O)c2c(-c3cccc4c(-c5ccc6oc7ccc8ccccc8c7c6c5)cccc34)c3c(O)c(O)c(O)c(O)c3c(-c3cccc4ccccc34)c2c1O. The van der Waals surface area contributed by atoms with Crippen LogP contribution in [-0.4, -0.2) is 40.9 Å². The van der Waals surface area contributed by atoms with Gasteiger partial charge in [-0.2, -0.15) is 0 Å². The van der Waals surface area contributed by atoms with Gasteiger partial charge in [0.25, 0.3) is 0 Å². The third-order valence-electron chi connectivity index (χ3n) is 11.7. The second-order valence-electron chi connectivity index (χ2n) is 14.7. The summed E-state index contributed by atoms with van der Waals surface area (Å²) in [6.45, 7) is 0. The Morgan fingerprint density at radius 3 is 1.31 bits per heavy atom. The topological polar surface area (TPSA) is 175 Å². The molecule has 0 saturated carbocycles. The Labute approximate surface area is 333 Å². The molecule has 9 heteroatoms. The smallest absolute Gasteiger partial charge is 0.204 e. The van der Waals surface area contributed by atoms with E-state index < -0.39 is 46.0 Å². The molecule has 9 nitrogen and oxygen atoms in total. The van der Waals surface area contributed by atoms with Gasteiger partial charge in [-0.1, -0.05) is 115 Å². The van der Waals surface area contributed by atoms with E-state index in [2.05, 4.69) is 18.2 Å². The van der Waals surface area contributed by atoms with E-state index >= 15 is 0 Å². The molecule has 59 heavy (non-hydrogen) atoms. The number of hydrogen-bond acceptors (Lipinski definition) is 9. The molecule has 0 fully saturated rings. The van der Waals surface area contributed by atoms with Crippen LogP contribution in [0.2, 0.25) is 0 Å². The van der Waals surface area contributed by atoms with Crippen molar-refractivity contribution in [3.05, 3.63) is 133 Å². The maximum atomic E-state index is 11.9. The average molecular weight is 775 g/mol. The lowest BCUT2D eigenvalue weighted by molar-refractivity contribution is 0.350. The molecule has 1 aromatic heterocycles. The van der Waals surface area contributed by atoms with Crippen LogP contribution in [0, 0.1) is 0 Å². The number of hydrogen-bond donors (Lipinski definition) is 8. The van der Waals surface area contributed by atoms with E-state index in [1.807, 2.05) is 78.9 Å². The van der Waals surface area contributed by atoms with E-state index in [4.69, 9.17) is 4.42 Å². The summed E-state index contributed by atoms with van der Waals surface area (Å²) in [6.07, 6.45) is 0. The van der Waals surface area contributed by atoms with Crippen LogP contribution in [0.4, 0.5) is 0 Å². The van der Waals surface area contributed by atoms with E-state index in [9.17, 15) is 40.9 Å². The minimum absolute atomic E-state index is 0.00385. The Morgan fingerprint density at radius 2 is 0.712 bits per heavy atom. The number of phenols is 8. The van der Waals surface area contributed by atoms with Crippen molar-refractivity contribution in [1.29, 1.82) is 0 Å². The summed E-state index contributed by atoms with van der Waals surface area (Å²) >= 11 is 0. The summed E-state index contributed by atoms with van der Waals surface area (Å²) in [4.78, 5) is 0. The van der Waals surface area contributed by atoms with E-state index in [0.29, 0.717) is 21.9 Å². The van der Waals surface area contributed by atoms with Gasteiger partial charge in [-0.3, -0.25) is 0 Å². The van der Waals surface area contributed by atoms with Gasteiger partial charge in [0.05, 0.1) is 0 Å².